The largest absolute Gasteiger partial charge is 0.459 e. The average molecular weight is 326 g/mol. The zero-order valence-electron chi connectivity index (χ0n) is 10.6. The zero-order chi connectivity index (χ0) is 15.0. The van der Waals surface area contributed by atoms with Crippen molar-refractivity contribution < 1.29 is 8.81 Å². The van der Waals surface area contributed by atoms with E-state index in [1.54, 1.807) is 18.2 Å². The van der Waals surface area contributed by atoms with E-state index in [4.69, 9.17) is 33.5 Å². The Hall–Kier alpha value is -1.66. The molecule has 0 bridgehead atoms. The van der Waals surface area contributed by atoms with E-state index < -0.39 is 6.04 Å². The smallest absolute Gasteiger partial charge is 0.134 e. The molecule has 0 saturated heterocycles. The summed E-state index contributed by atoms with van der Waals surface area (Å²) < 4.78 is 18.9. The number of hydrazine groups is 1. The summed E-state index contributed by atoms with van der Waals surface area (Å²) in [6.45, 7) is 0. The maximum Gasteiger partial charge on any atom is 0.134 e. The second-order valence-corrected chi connectivity index (χ2v) is 5.29. The number of nitrogens with two attached hydrogens (primary N) is 1. The highest BCUT2D eigenvalue weighted by atomic mass is 35.5. The fourth-order valence-corrected chi connectivity index (χ4v) is 2.60. The van der Waals surface area contributed by atoms with Crippen LogP contribution in [0.3, 0.4) is 0 Å². The van der Waals surface area contributed by atoms with E-state index in [0.717, 1.165) is 0 Å². The van der Waals surface area contributed by atoms with Crippen molar-refractivity contribution in [3.8, 4) is 0 Å². The van der Waals surface area contributed by atoms with Gasteiger partial charge in [-0.1, -0.05) is 23.2 Å². The van der Waals surface area contributed by atoms with Crippen molar-refractivity contribution in [1.82, 2.24) is 10.4 Å². The standard InChI is InChI=1S/C14H10Cl2FN3O/c15-8-5-10(16)13(19-6-8)14(20-18)12-4-7-3-9(17)1-2-11(7)21-12/h1-6,14,20H,18H2. The summed E-state index contributed by atoms with van der Waals surface area (Å²) in [4.78, 5) is 4.17. The maximum absolute atomic E-state index is 13.2. The van der Waals surface area contributed by atoms with Crippen molar-refractivity contribution in [3.63, 3.8) is 0 Å². The van der Waals surface area contributed by atoms with Crippen molar-refractivity contribution >= 4 is 34.2 Å². The molecule has 0 aliphatic carbocycles. The first-order chi connectivity index (χ1) is 10.1. The van der Waals surface area contributed by atoms with Gasteiger partial charge < -0.3 is 4.42 Å². The van der Waals surface area contributed by atoms with E-state index in [1.165, 1.54) is 18.3 Å². The number of rotatable bonds is 3. The fourth-order valence-electron chi connectivity index (χ4n) is 2.11. The highest BCUT2D eigenvalue weighted by Crippen LogP contribution is 2.31. The molecular weight excluding hydrogens is 316 g/mol. The number of benzene rings is 1. The molecule has 2 heterocycles. The van der Waals surface area contributed by atoms with Crippen LogP contribution in [0.15, 0.2) is 40.9 Å². The van der Waals surface area contributed by atoms with Crippen LogP contribution < -0.4 is 11.3 Å². The molecule has 3 N–H and O–H groups in total. The molecule has 0 fully saturated rings. The Morgan fingerprint density at radius 2 is 2.05 bits per heavy atom. The van der Waals surface area contributed by atoms with Gasteiger partial charge in [0.15, 0.2) is 0 Å². The molecular formula is C14H10Cl2FN3O. The van der Waals surface area contributed by atoms with Crippen molar-refractivity contribution in [2.45, 2.75) is 6.04 Å². The first-order valence-electron chi connectivity index (χ1n) is 6.04. The molecule has 7 heteroatoms. The summed E-state index contributed by atoms with van der Waals surface area (Å²) in [5.74, 6) is 5.72. The van der Waals surface area contributed by atoms with E-state index in [1.807, 2.05) is 0 Å². The number of nitrogens with one attached hydrogen (secondary N) is 1. The van der Waals surface area contributed by atoms with Gasteiger partial charge in [-0.05, 0) is 30.3 Å². The minimum absolute atomic E-state index is 0.338. The summed E-state index contributed by atoms with van der Waals surface area (Å²) in [6, 6.07) is 6.96. The monoisotopic (exact) mass is 325 g/mol. The Balaban J connectivity index is 2.09. The van der Waals surface area contributed by atoms with Crippen LogP contribution in [0, 0.1) is 5.82 Å². The summed E-state index contributed by atoms with van der Waals surface area (Å²) >= 11 is 12.0. The lowest BCUT2D eigenvalue weighted by molar-refractivity contribution is 0.471. The number of aromatic nitrogens is 1. The zero-order valence-corrected chi connectivity index (χ0v) is 12.1. The van der Waals surface area contributed by atoms with Gasteiger partial charge in [0, 0.05) is 11.6 Å². The van der Waals surface area contributed by atoms with E-state index in [0.29, 0.717) is 32.5 Å². The average Bonchev–Trinajstić information content (AvgIpc) is 2.84. The Bertz CT molecular complexity index is 806. The topological polar surface area (TPSA) is 64.1 Å². The van der Waals surface area contributed by atoms with Gasteiger partial charge >= 0.3 is 0 Å². The Morgan fingerprint density at radius 3 is 2.76 bits per heavy atom. The number of halogens is 3. The summed E-state index contributed by atoms with van der Waals surface area (Å²) in [7, 11) is 0. The van der Waals surface area contributed by atoms with Crippen LogP contribution in [-0.4, -0.2) is 4.98 Å². The first-order valence-corrected chi connectivity index (χ1v) is 6.80. The van der Waals surface area contributed by atoms with E-state index >= 15 is 0 Å². The number of hydrogen-bond acceptors (Lipinski definition) is 4. The molecule has 2 aromatic heterocycles. The number of fused-ring (bicyclic) bond motifs is 1. The Kier molecular flexibility index (Phi) is 3.82. The van der Waals surface area contributed by atoms with E-state index in [-0.39, 0.29) is 5.82 Å². The fraction of sp³-hybridized carbons (Fsp3) is 0.0714. The van der Waals surface area contributed by atoms with E-state index in [2.05, 4.69) is 10.4 Å². The van der Waals surface area contributed by atoms with Gasteiger partial charge in [-0.2, -0.15) is 0 Å². The predicted octanol–water partition coefficient (Wildman–Crippen LogP) is 3.83. The third kappa shape index (κ3) is 2.73. The lowest BCUT2D eigenvalue weighted by Gasteiger charge is -2.14. The Morgan fingerprint density at radius 1 is 1.24 bits per heavy atom. The molecule has 1 aromatic carbocycles. The quantitative estimate of drug-likeness (QED) is 0.567. The third-order valence-corrected chi connectivity index (χ3v) is 3.57. The highest BCUT2D eigenvalue weighted by Gasteiger charge is 2.21. The van der Waals surface area contributed by atoms with Crippen LogP contribution in [0.5, 0.6) is 0 Å². The van der Waals surface area contributed by atoms with Crippen molar-refractivity contribution in [1.29, 1.82) is 0 Å². The van der Waals surface area contributed by atoms with Gasteiger partial charge in [0.25, 0.3) is 0 Å². The number of hydrogen-bond donors (Lipinski definition) is 2. The molecule has 0 amide bonds. The second kappa shape index (κ2) is 5.61. The van der Waals surface area contributed by atoms with Crippen LogP contribution in [0.4, 0.5) is 4.39 Å². The number of nitrogens with zero attached hydrogens (tertiary/aromatic N) is 1. The molecule has 0 aliphatic rings. The van der Waals surface area contributed by atoms with Crippen molar-refractivity contribution in [2.75, 3.05) is 0 Å². The summed E-state index contributed by atoms with van der Waals surface area (Å²) in [5, 5.41) is 1.42. The second-order valence-electron chi connectivity index (χ2n) is 4.45. The van der Waals surface area contributed by atoms with Crippen LogP contribution >= 0.6 is 23.2 Å². The molecule has 3 rings (SSSR count). The minimum Gasteiger partial charge on any atom is -0.459 e. The van der Waals surface area contributed by atoms with Crippen LogP contribution in [-0.2, 0) is 0 Å². The molecule has 21 heavy (non-hydrogen) atoms. The molecule has 4 nitrogen and oxygen atoms in total. The molecule has 1 atom stereocenters. The van der Waals surface area contributed by atoms with Gasteiger partial charge in [-0.15, -0.1) is 0 Å². The van der Waals surface area contributed by atoms with Crippen LogP contribution in [0.2, 0.25) is 10.0 Å². The van der Waals surface area contributed by atoms with Gasteiger partial charge in [0.1, 0.15) is 23.2 Å². The molecule has 0 radical (unpaired) electrons. The van der Waals surface area contributed by atoms with Crippen LogP contribution in [0.25, 0.3) is 11.0 Å². The first kappa shape index (κ1) is 14.3. The molecule has 0 aliphatic heterocycles. The van der Waals surface area contributed by atoms with Gasteiger partial charge in [-0.25, -0.2) is 9.82 Å². The molecule has 0 saturated carbocycles. The van der Waals surface area contributed by atoms with Gasteiger partial charge in [-0.3, -0.25) is 10.8 Å². The molecule has 0 spiro atoms. The number of furan rings is 1. The van der Waals surface area contributed by atoms with Gasteiger partial charge in [0.2, 0.25) is 0 Å². The highest BCUT2D eigenvalue weighted by molar-refractivity contribution is 6.34. The molecule has 1 unspecified atom stereocenters. The van der Waals surface area contributed by atoms with Gasteiger partial charge in [0.05, 0.1) is 15.7 Å². The number of pyridine rings is 1. The lowest BCUT2D eigenvalue weighted by atomic mass is 10.1. The normalized spacial score (nSPS) is 12.8. The predicted molar refractivity (Wildman–Crippen MR) is 79.6 cm³/mol. The Labute approximate surface area is 129 Å². The molecule has 108 valence electrons. The minimum atomic E-state index is -0.565. The lowest BCUT2D eigenvalue weighted by Crippen LogP contribution is -2.29. The van der Waals surface area contributed by atoms with E-state index in [9.17, 15) is 4.39 Å². The molecule has 3 aromatic rings. The summed E-state index contributed by atoms with van der Waals surface area (Å²) in [5.41, 5.74) is 3.62. The van der Waals surface area contributed by atoms with Crippen LogP contribution in [0.1, 0.15) is 17.5 Å². The summed E-state index contributed by atoms with van der Waals surface area (Å²) in [6.07, 6.45) is 1.47. The maximum atomic E-state index is 13.2. The van der Waals surface area contributed by atoms with Crippen molar-refractivity contribution in [2.24, 2.45) is 5.84 Å². The van der Waals surface area contributed by atoms with Crippen molar-refractivity contribution in [3.05, 3.63) is 63.8 Å². The third-order valence-electron chi connectivity index (χ3n) is 3.06. The SMILES string of the molecule is NNC(c1cc2cc(F)ccc2o1)c1ncc(Cl)cc1Cl.